The zero-order valence-corrected chi connectivity index (χ0v) is 77.1. The molecule has 0 aliphatic heterocycles. The molecule has 644 valence electrons. The summed E-state index contributed by atoms with van der Waals surface area (Å²) < 4.78 is 46.9. The van der Waals surface area contributed by atoms with Crippen LogP contribution in [0.15, 0.2) is 146 Å². The van der Waals surface area contributed by atoms with Crippen LogP contribution >= 0.6 is 0 Å². The number of rotatable bonds is 20. The highest BCUT2D eigenvalue weighted by Gasteiger charge is 2.33. The molecule has 121 heavy (non-hydrogen) atoms. The Balaban J connectivity index is 0.784. The molecule has 0 fully saturated rings. The van der Waals surface area contributed by atoms with Gasteiger partial charge in [0.25, 0.3) is 0 Å². The molecule has 0 amide bonds. The van der Waals surface area contributed by atoms with Crippen LogP contribution in [-0.4, -0.2) is 83.2 Å². The highest BCUT2D eigenvalue weighted by atomic mass is 16.6. The maximum absolute atomic E-state index is 12.9. The monoisotopic (exact) mass is 1640 g/mol. The Labute approximate surface area is 723 Å². The molecule has 2 aromatic heterocycles. The van der Waals surface area contributed by atoms with E-state index in [1.165, 1.54) is 0 Å². The van der Waals surface area contributed by atoms with Gasteiger partial charge in [0.1, 0.15) is 72.4 Å². The lowest BCUT2D eigenvalue weighted by molar-refractivity contribution is 0.00484. The number of aromatic hydroxyl groups is 4. The Morgan fingerprint density at radius 1 is 0.223 bits per heavy atom. The van der Waals surface area contributed by atoms with E-state index in [0.29, 0.717) is 89.3 Å². The summed E-state index contributed by atoms with van der Waals surface area (Å²) in [6, 6.07) is 47.1. The van der Waals surface area contributed by atoms with Crippen molar-refractivity contribution in [1.82, 2.24) is 9.97 Å². The molecule has 12 rings (SSSR count). The fraction of sp³-hybridized carbons (Fsp3) is 0.463. The van der Waals surface area contributed by atoms with E-state index in [-0.39, 0.29) is 106 Å². The third-order valence-corrected chi connectivity index (χ3v) is 23.9. The van der Waals surface area contributed by atoms with Crippen molar-refractivity contribution in [3.63, 3.8) is 0 Å². The first-order valence-corrected chi connectivity index (χ1v) is 43.7. The third kappa shape index (κ3) is 22.4. The average Bonchev–Trinajstić information content (AvgIpc) is 0.764. The van der Waals surface area contributed by atoms with Crippen molar-refractivity contribution >= 4 is 0 Å². The van der Waals surface area contributed by atoms with Gasteiger partial charge in [-0.25, -0.2) is 0 Å². The Morgan fingerprint density at radius 3 is 0.554 bits per heavy atom. The van der Waals surface area contributed by atoms with Gasteiger partial charge < -0.3 is 53.6 Å². The van der Waals surface area contributed by atoms with E-state index in [0.717, 1.165) is 156 Å². The zero-order valence-electron chi connectivity index (χ0n) is 77.1. The van der Waals surface area contributed by atoms with Crippen LogP contribution in [0.4, 0.5) is 0 Å². The number of phenolic OH excluding ortho intramolecular Hbond substituents is 4. The molecule has 2 heterocycles. The minimum Gasteiger partial charge on any atom is -0.507 e. The van der Waals surface area contributed by atoms with Crippen molar-refractivity contribution in [3.8, 4) is 46.0 Å². The zero-order chi connectivity index (χ0) is 87.7. The quantitative estimate of drug-likeness (QED) is 0.0532. The molecule has 0 saturated carbocycles. The van der Waals surface area contributed by atoms with Crippen molar-refractivity contribution in [2.24, 2.45) is 0 Å². The van der Waals surface area contributed by atoms with Crippen LogP contribution in [0.1, 0.15) is 311 Å². The normalized spacial score (nSPS) is 13.8. The Hall–Kier alpha value is -9.66. The van der Waals surface area contributed by atoms with Crippen molar-refractivity contribution in [2.45, 2.75) is 274 Å². The Kier molecular flexibility index (Phi) is 27.0. The van der Waals surface area contributed by atoms with Gasteiger partial charge in [-0.3, -0.25) is 9.97 Å². The van der Waals surface area contributed by atoms with Gasteiger partial charge in [0, 0.05) is 63.8 Å². The first-order chi connectivity index (χ1) is 56.6. The maximum Gasteiger partial charge on any atom is 0.130 e. The van der Waals surface area contributed by atoms with Crippen molar-refractivity contribution in [1.29, 1.82) is 0 Å². The smallest absolute Gasteiger partial charge is 0.130 e. The van der Waals surface area contributed by atoms with Crippen molar-refractivity contribution in [2.75, 3.05) is 52.9 Å². The summed E-state index contributed by atoms with van der Waals surface area (Å²) in [5, 5.41) is 51.8. The van der Waals surface area contributed by atoms with Gasteiger partial charge in [-0.2, -0.15) is 0 Å². The van der Waals surface area contributed by atoms with Crippen LogP contribution in [0.3, 0.4) is 0 Å². The molecule has 0 unspecified atom stereocenters. The van der Waals surface area contributed by atoms with Crippen LogP contribution in [0.5, 0.6) is 46.0 Å². The summed E-state index contributed by atoms with van der Waals surface area (Å²) in [6.07, 6.45) is 6.64. The second kappa shape index (κ2) is 36.0. The SMILES string of the molecule is CC(C)(C)c1cc2c(O)c(c1)Cc1cc(C(C)(C)C)cc(c1OCc1ccccn1)Cc1cc(C(C)(C)C)cc(c1O)Cc1cc(C(C)(C)C)cc(c1OCCOCCOCCOCCOc1c3cc(C(C)(C)C)cc1Cc1cc(C(C)(C)C)cc(c1O)Cc1cc(C(C)(C)C)cc(c1OCc1ccccn1)Cc1cc(C(C)(C)C)cc(c1O)C3)C2. The maximum atomic E-state index is 12.9. The summed E-state index contributed by atoms with van der Waals surface area (Å²) in [5.41, 5.74) is 22.4. The molecule has 8 aromatic carbocycles. The topological polar surface area (TPSA) is 171 Å². The summed E-state index contributed by atoms with van der Waals surface area (Å²) in [4.78, 5) is 9.30. The molecule has 0 atom stereocenters. The number of pyridine rings is 2. The van der Waals surface area contributed by atoms with E-state index in [1.54, 1.807) is 12.4 Å². The van der Waals surface area contributed by atoms with Gasteiger partial charge in [0.15, 0.2) is 0 Å². The molecule has 4 N–H and O–H groups in total. The molecule has 0 saturated heterocycles. The van der Waals surface area contributed by atoms with Gasteiger partial charge in [-0.05, 0) is 201 Å². The van der Waals surface area contributed by atoms with Gasteiger partial charge >= 0.3 is 0 Å². The lowest BCUT2D eigenvalue weighted by Gasteiger charge is -2.28. The Morgan fingerprint density at radius 2 is 0.388 bits per heavy atom. The minimum absolute atomic E-state index is 0.236. The van der Waals surface area contributed by atoms with Crippen molar-refractivity contribution in [3.05, 3.63) is 291 Å². The lowest BCUT2D eigenvalue weighted by Crippen LogP contribution is -2.18. The molecule has 13 heteroatoms. The van der Waals surface area contributed by atoms with Gasteiger partial charge in [-0.15, -0.1) is 0 Å². The first kappa shape index (κ1) is 90.6. The number of ether oxygens (including phenoxy) is 7. The summed E-state index contributed by atoms with van der Waals surface area (Å²) in [7, 11) is 0. The number of hydrogen-bond donors (Lipinski definition) is 4. The van der Waals surface area contributed by atoms with E-state index in [4.69, 9.17) is 33.2 Å². The summed E-state index contributed by atoms with van der Waals surface area (Å²) in [6.45, 7) is 56.3. The highest BCUT2D eigenvalue weighted by molar-refractivity contribution is 5.63. The number of fused-ring (bicyclic) bond motifs is 16. The van der Waals surface area contributed by atoms with Gasteiger partial charge in [0.05, 0.1) is 51.0 Å². The lowest BCUT2D eigenvalue weighted by atomic mass is 9.79. The standard InChI is InChI=1S/C108H136N2O11/c1-101(2,3)83-49-67-41-75-57-87(105(13,14)15)58-76(42-68-50-84(102(4,5)6)54-72(94(68)112)46-80-62-89(107(19,20)21)61-79(45-71(53-83)93(67)111)99(80)120-65-91-29-25-27-31-109-91)97(75)118-39-37-116-35-33-115-34-36-117-38-40-119-98-77-43-69-51-85(103(7,8)9)55-73(95(69)113)47-81-63-90(108(22,23)24)64-82(100(81)121-66-92-30-26-28-32-110-92)48-74-56-86(104(10,11)12)52-70(96(74)114)44-78(98)60-88(59-77)106(16,17)18/h25-32,49-64,111-114H,33-48,65-66H2,1-24H3. The predicted octanol–water partition coefficient (Wildman–Crippen LogP) is 23.7. The molecular weight excluding hydrogens is 1500 g/mol. The number of hydrogen-bond acceptors (Lipinski definition) is 13. The summed E-state index contributed by atoms with van der Waals surface area (Å²) in [5.74, 6) is 3.83. The number of benzene rings is 8. The van der Waals surface area contributed by atoms with E-state index >= 15 is 0 Å². The molecular formula is C108H136N2O11. The van der Waals surface area contributed by atoms with Crippen molar-refractivity contribution < 1.29 is 53.6 Å². The number of aromatic nitrogens is 2. The first-order valence-electron chi connectivity index (χ1n) is 43.7. The molecule has 0 radical (unpaired) electrons. The van der Waals surface area contributed by atoms with Crippen LogP contribution in [-0.2, 0) is 122 Å². The molecule has 2 aliphatic carbocycles. The number of nitrogens with zero attached hydrogens (tertiary/aromatic N) is 2. The predicted molar refractivity (Wildman–Crippen MR) is 491 cm³/mol. The molecule has 16 bridgehead atoms. The van der Waals surface area contributed by atoms with Gasteiger partial charge in [-0.1, -0.05) is 275 Å². The van der Waals surface area contributed by atoms with Crippen LogP contribution in [0, 0.1) is 0 Å². The fourth-order valence-corrected chi connectivity index (χ4v) is 16.2. The average molecular weight is 1640 g/mol. The van der Waals surface area contributed by atoms with E-state index in [9.17, 15) is 20.4 Å². The van der Waals surface area contributed by atoms with Crippen LogP contribution in [0.2, 0.25) is 0 Å². The van der Waals surface area contributed by atoms with E-state index < -0.39 is 0 Å². The number of phenols is 4. The molecule has 0 spiro atoms. The van der Waals surface area contributed by atoms with Gasteiger partial charge in [0.2, 0.25) is 0 Å². The molecule has 13 nitrogen and oxygen atoms in total. The van der Waals surface area contributed by atoms with Crippen LogP contribution in [0.25, 0.3) is 0 Å². The van der Waals surface area contributed by atoms with E-state index in [2.05, 4.69) is 273 Å². The summed E-state index contributed by atoms with van der Waals surface area (Å²) >= 11 is 0. The second-order valence-corrected chi connectivity index (χ2v) is 42.2. The fourth-order valence-electron chi connectivity index (χ4n) is 16.2. The van der Waals surface area contributed by atoms with E-state index in [1.807, 2.05) is 36.4 Å². The van der Waals surface area contributed by atoms with Crippen LogP contribution < -0.4 is 18.9 Å². The minimum atomic E-state index is -0.269. The second-order valence-electron chi connectivity index (χ2n) is 42.2. The molecule has 10 aromatic rings. The highest BCUT2D eigenvalue weighted by Crippen LogP contribution is 2.48. The third-order valence-electron chi connectivity index (χ3n) is 23.9. The molecule has 2 aliphatic rings. The Bertz CT molecular complexity index is 4780. The largest absolute Gasteiger partial charge is 0.507 e.